The number of nitrogens with one attached hydrogen (secondary N) is 1. The van der Waals surface area contributed by atoms with E-state index in [1.54, 1.807) is 0 Å². The lowest BCUT2D eigenvalue weighted by molar-refractivity contribution is 0.296. The summed E-state index contributed by atoms with van der Waals surface area (Å²) >= 11 is 1.84. The summed E-state index contributed by atoms with van der Waals surface area (Å²) in [6.07, 6.45) is 0.872. The molecule has 1 aromatic rings. The number of anilines is 2. The van der Waals surface area contributed by atoms with Crippen molar-refractivity contribution in [3.05, 3.63) is 23.8 Å². The molecule has 0 spiro atoms. The van der Waals surface area contributed by atoms with Crippen LogP contribution in [0.25, 0.3) is 0 Å². The number of hydrogen-bond donors (Lipinski definition) is 3. The molecule has 4 N–H and O–H groups in total. The molecule has 0 radical (unpaired) electrons. The topological polar surface area (TPSA) is 58.3 Å². The van der Waals surface area contributed by atoms with Gasteiger partial charge in [0.1, 0.15) is 0 Å². The molecule has 0 atom stereocenters. The van der Waals surface area contributed by atoms with E-state index < -0.39 is 0 Å². The van der Waals surface area contributed by atoms with Crippen molar-refractivity contribution in [1.29, 1.82) is 0 Å². The summed E-state index contributed by atoms with van der Waals surface area (Å²) in [5.41, 5.74) is 8.88. The van der Waals surface area contributed by atoms with E-state index in [1.165, 1.54) is 5.56 Å². The average molecular weight is 240 g/mol. The molecule has 0 heterocycles. The third-order valence-electron chi connectivity index (χ3n) is 2.22. The van der Waals surface area contributed by atoms with Crippen LogP contribution >= 0.6 is 11.8 Å². The molecule has 1 aromatic carbocycles. The lowest BCUT2D eigenvalue weighted by Crippen LogP contribution is -2.07. The van der Waals surface area contributed by atoms with Crippen molar-refractivity contribution in [1.82, 2.24) is 0 Å². The standard InChI is InChI=1S/C12H20N2OS/c1-10-3-4-11(13)12(9-10)14-5-8-16-7-2-6-15/h3-4,9,14-15H,2,5-8,13H2,1H3. The zero-order valence-electron chi connectivity index (χ0n) is 9.70. The summed E-state index contributed by atoms with van der Waals surface area (Å²) in [7, 11) is 0. The largest absolute Gasteiger partial charge is 0.397 e. The van der Waals surface area contributed by atoms with Crippen LogP contribution in [0.4, 0.5) is 11.4 Å². The van der Waals surface area contributed by atoms with Gasteiger partial charge >= 0.3 is 0 Å². The van der Waals surface area contributed by atoms with E-state index in [2.05, 4.69) is 18.3 Å². The van der Waals surface area contributed by atoms with E-state index in [0.29, 0.717) is 0 Å². The molecule has 0 aliphatic carbocycles. The Kier molecular flexibility index (Phi) is 6.11. The van der Waals surface area contributed by atoms with Crippen LogP contribution in [0.2, 0.25) is 0 Å². The van der Waals surface area contributed by atoms with E-state index in [1.807, 2.05) is 23.9 Å². The quantitative estimate of drug-likeness (QED) is 0.504. The molecule has 0 aliphatic heterocycles. The molecule has 0 fully saturated rings. The van der Waals surface area contributed by atoms with Crippen LogP contribution in [-0.4, -0.2) is 29.8 Å². The van der Waals surface area contributed by atoms with Crippen molar-refractivity contribution in [2.45, 2.75) is 13.3 Å². The SMILES string of the molecule is Cc1ccc(N)c(NCCSCCCO)c1. The first kappa shape index (κ1) is 13.2. The lowest BCUT2D eigenvalue weighted by Gasteiger charge is -2.09. The molecule has 0 saturated heterocycles. The number of nitrogen functional groups attached to an aromatic ring is 1. The number of hydrogen-bond acceptors (Lipinski definition) is 4. The number of thioether (sulfide) groups is 1. The molecular weight excluding hydrogens is 220 g/mol. The molecule has 0 aromatic heterocycles. The van der Waals surface area contributed by atoms with Crippen molar-refractivity contribution >= 4 is 23.1 Å². The highest BCUT2D eigenvalue weighted by Crippen LogP contribution is 2.19. The summed E-state index contributed by atoms with van der Waals surface area (Å²) in [4.78, 5) is 0. The second-order valence-corrected chi connectivity index (χ2v) is 4.93. The highest BCUT2D eigenvalue weighted by molar-refractivity contribution is 7.99. The summed E-state index contributed by atoms with van der Waals surface area (Å²) in [6.45, 7) is 3.25. The first-order chi connectivity index (χ1) is 7.74. The third-order valence-corrected chi connectivity index (χ3v) is 3.29. The monoisotopic (exact) mass is 240 g/mol. The van der Waals surface area contributed by atoms with Gasteiger partial charge in [-0.25, -0.2) is 0 Å². The molecule has 0 amide bonds. The minimum Gasteiger partial charge on any atom is -0.397 e. The van der Waals surface area contributed by atoms with Gasteiger partial charge in [0.05, 0.1) is 11.4 Å². The fourth-order valence-corrected chi connectivity index (χ4v) is 2.13. The van der Waals surface area contributed by atoms with Crippen molar-refractivity contribution < 1.29 is 5.11 Å². The maximum atomic E-state index is 8.62. The second-order valence-electron chi connectivity index (χ2n) is 3.71. The van der Waals surface area contributed by atoms with Crippen molar-refractivity contribution in [3.63, 3.8) is 0 Å². The zero-order chi connectivity index (χ0) is 11.8. The van der Waals surface area contributed by atoms with E-state index in [0.717, 1.165) is 35.8 Å². The van der Waals surface area contributed by atoms with Gasteiger partial charge < -0.3 is 16.2 Å². The van der Waals surface area contributed by atoms with Crippen LogP contribution in [0.5, 0.6) is 0 Å². The summed E-state index contributed by atoms with van der Waals surface area (Å²) < 4.78 is 0. The highest BCUT2D eigenvalue weighted by Gasteiger charge is 1.98. The van der Waals surface area contributed by atoms with Crippen molar-refractivity contribution in [2.75, 3.05) is 35.7 Å². The number of aliphatic hydroxyl groups excluding tert-OH is 1. The Bertz CT molecular complexity index is 318. The number of aryl methyl sites for hydroxylation is 1. The molecular formula is C12H20N2OS. The zero-order valence-corrected chi connectivity index (χ0v) is 10.5. The van der Waals surface area contributed by atoms with Crippen LogP contribution < -0.4 is 11.1 Å². The smallest absolute Gasteiger partial charge is 0.0576 e. The van der Waals surface area contributed by atoms with E-state index in [4.69, 9.17) is 10.8 Å². The summed E-state index contributed by atoms with van der Waals surface area (Å²) in [5, 5.41) is 11.9. The minimum atomic E-state index is 0.283. The van der Waals surface area contributed by atoms with Gasteiger partial charge in [0.15, 0.2) is 0 Å². The Morgan fingerprint density at radius 1 is 1.38 bits per heavy atom. The van der Waals surface area contributed by atoms with Gasteiger partial charge in [-0.15, -0.1) is 0 Å². The predicted octanol–water partition coefficient (Wildman–Crippen LogP) is 2.10. The number of rotatable bonds is 7. The van der Waals surface area contributed by atoms with Crippen molar-refractivity contribution in [2.24, 2.45) is 0 Å². The Hall–Kier alpha value is -0.870. The normalized spacial score (nSPS) is 10.4. The fourth-order valence-electron chi connectivity index (χ4n) is 1.35. The molecule has 0 saturated carbocycles. The number of benzene rings is 1. The lowest BCUT2D eigenvalue weighted by atomic mass is 10.2. The van der Waals surface area contributed by atoms with Gasteiger partial charge in [0.25, 0.3) is 0 Å². The first-order valence-electron chi connectivity index (χ1n) is 5.52. The van der Waals surface area contributed by atoms with E-state index in [-0.39, 0.29) is 6.61 Å². The Balaban J connectivity index is 2.23. The van der Waals surface area contributed by atoms with Crippen LogP contribution in [-0.2, 0) is 0 Å². The fraction of sp³-hybridized carbons (Fsp3) is 0.500. The van der Waals surface area contributed by atoms with Crippen LogP contribution in [0.1, 0.15) is 12.0 Å². The Labute approximate surface area is 101 Å². The molecule has 4 heteroatoms. The maximum Gasteiger partial charge on any atom is 0.0576 e. The minimum absolute atomic E-state index is 0.283. The van der Waals surface area contributed by atoms with Gasteiger partial charge in [-0.05, 0) is 36.8 Å². The van der Waals surface area contributed by atoms with Gasteiger partial charge in [-0.3, -0.25) is 0 Å². The molecule has 16 heavy (non-hydrogen) atoms. The van der Waals surface area contributed by atoms with Crippen molar-refractivity contribution in [3.8, 4) is 0 Å². The van der Waals surface area contributed by atoms with E-state index in [9.17, 15) is 0 Å². The first-order valence-corrected chi connectivity index (χ1v) is 6.68. The van der Waals surface area contributed by atoms with Gasteiger partial charge in [0.2, 0.25) is 0 Å². The third kappa shape index (κ3) is 4.77. The summed E-state index contributed by atoms with van der Waals surface area (Å²) in [5.74, 6) is 2.05. The predicted molar refractivity (Wildman–Crippen MR) is 73.1 cm³/mol. The highest BCUT2D eigenvalue weighted by atomic mass is 32.2. The average Bonchev–Trinajstić information content (AvgIpc) is 2.28. The number of nitrogens with two attached hydrogens (primary N) is 1. The van der Waals surface area contributed by atoms with Gasteiger partial charge in [0, 0.05) is 18.9 Å². The molecule has 1 rings (SSSR count). The second kappa shape index (κ2) is 7.41. The summed E-state index contributed by atoms with van der Waals surface area (Å²) in [6, 6.07) is 6.00. The Morgan fingerprint density at radius 3 is 2.94 bits per heavy atom. The molecule has 0 aliphatic rings. The molecule has 0 bridgehead atoms. The maximum absolute atomic E-state index is 8.62. The van der Waals surface area contributed by atoms with E-state index >= 15 is 0 Å². The molecule has 90 valence electrons. The van der Waals surface area contributed by atoms with Gasteiger partial charge in [-0.1, -0.05) is 6.07 Å². The van der Waals surface area contributed by atoms with Gasteiger partial charge in [-0.2, -0.15) is 11.8 Å². The number of aliphatic hydroxyl groups is 1. The molecule has 3 nitrogen and oxygen atoms in total. The van der Waals surface area contributed by atoms with Crippen LogP contribution in [0, 0.1) is 6.92 Å². The van der Waals surface area contributed by atoms with Crippen LogP contribution in [0.3, 0.4) is 0 Å². The Morgan fingerprint density at radius 2 is 2.19 bits per heavy atom. The molecule has 0 unspecified atom stereocenters. The van der Waals surface area contributed by atoms with Crippen LogP contribution in [0.15, 0.2) is 18.2 Å².